The van der Waals surface area contributed by atoms with E-state index in [0.29, 0.717) is 29.0 Å². The summed E-state index contributed by atoms with van der Waals surface area (Å²) in [7, 11) is 2.15. The Kier molecular flexibility index (Phi) is 5.64. The molecule has 0 bridgehead atoms. The summed E-state index contributed by atoms with van der Waals surface area (Å²) >= 11 is 0. The second kappa shape index (κ2) is 9.11. The average Bonchev–Trinajstić information content (AvgIpc) is 3.51. The molecule has 4 N–H and O–H groups in total. The number of imidazole rings is 1. The van der Waals surface area contributed by atoms with Crippen LogP contribution in [0, 0.1) is 0 Å². The van der Waals surface area contributed by atoms with E-state index in [1.54, 1.807) is 16.8 Å². The van der Waals surface area contributed by atoms with Gasteiger partial charge in [0.15, 0.2) is 5.65 Å². The molecule has 4 heterocycles. The second-order valence-electron chi connectivity index (χ2n) is 9.30. The van der Waals surface area contributed by atoms with Gasteiger partial charge in [0.1, 0.15) is 5.69 Å². The van der Waals surface area contributed by atoms with Gasteiger partial charge in [0.25, 0.3) is 5.62 Å². The number of rotatable bonds is 6. The SMILES string of the molecule is CN1CCN(c2ccccc2CNc2nc(=NC3CC3)n3nc/c(=C\c4[nH]c(=O)[nH]c4O)c3n2)CC1. The van der Waals surface area contributed by atoms with Gasteiger partial charge in [0, 0.05) is 43.6 Å². The van der Waals surface area contributed by atoms with Gasteiger partial charge in [-0.05, 0) is 37.6 Å². The van der Waals surface area contributed by atoms with E-state index in [4.69, 9.17) is 9.98 Å². The molecule has 0 atom stereocenters. The summed E-state index contributed by atoms with van der Waals surface area (Å²) < 4.78 is 1.59. The molecule has 6 rings (SSSR count). The van der Waals surface area contributed by atoms with E-state index in [1.807, 2.05) is 6.07 Å². The van der Waals surface area contributed by atoms with Gasteiger partial charge in [0.05, 0.1) is 12.2 Å². The number of fused-ring (bicyclic) bond motifs is 1. The van der Waals surface area contributed by atoms with Crippen molar-refractivity contribution in [2.75, 3.05) is 43.4 Å². The van der Waals surface area contributed by atoms with E-state index in [-0.39, 0.29) is 17.6 Å². The summed E-state index contributed by atoms with van der Waals surface area (Å²) in [5.41, 5.74) is 3.15. The number of H-pyrrole nitrogens is 2. The second-order valence-corrected chi connectivity index (χ2v) is 9.30. The number of hydrogen-bond donors (Lipinski definition) is 4. The molecule has 2 fully saturated rings. The van der Waals surface area contributed by atoms with Crippen LogP contribution in [0.25, 0.3) is 11.7 Å². The molecule has 0 radical (unpaired) electrons. The lowest BCUT2D eigenvalue weighted by Gasteiger charge is -2.35. The maximum Gasteiger partial charge on any atom is 0.326 e. The van der Waals surface area contributed by atoms with Crippen molar-refractivity contribution in [2.24, 2.45) is 4.99 Å². The maximum absolute atomic E-state index is 11.5. The third-order valence-electron chi connectivity index (χ3n) is 6.53. The Morgan fingerprint density at radius 1 is 1.17 bits per heavy atom. The molecule has 36 heavy (non-hydrogen) atoms. The van der Waals surface area contributed by atoms with Crippen LogP contribution in [-0.4, -0.2) is 78.8 Å². The van der Waals surface area contributed by atoms with Crippen LogP contribution in [0.15, 0.2) is 40.2 Å². The molecular weight excluding hydrogens is 460 g/mol. The van der Waals surface area contributed by atoms with Crippen LogP contribution in [0.1, 0.15) is 24.1 Å². The molecule has 2 aliphatic rings. The van der Waals surface area contributed by atoms with Crippen LogP contribution in [0.3, 0.4) is 0 Å². The highest BCUT2D eigenvalue weighted by atomic mass is 16.3. The van der Waals surface area contributed by atoms with Gasteiger partial charge < -0.3 is 25.2 Å². The molecule has 1 saturated heterocycles. The number of likely N-dealkylation sites (N-methyl/N-ethyl adjacent to an activating group) is 1. The number of anilines is 2. The van der Waals surface area contributed by atoms with Crippen LogP contribution in [0.2, 0.25) is 0 Å². The quantitative estimate of drug-likeness (QED) is 0.293. The normalized spacial score (nSPS) is 17.9. The molecule has 0 unspecified atom stereocenters. The molecule has 0 amide bonds. The molecule has 1 aliphatic heterocycles. The van der Waals surface area contributed by atoms with Gasteiger partial charge in [-0.1, -0.05) is 18.2 Å². The Bertz CT molecular complexity index is 1570. The number of benzene rings is 1. The van der Waals surface area contributed by atoms with Gasteiger partial charge >= 0.3 is 5.69 Å². The van der Waals surface area contributed by atoms with E-state index in [1.165, 1.54) is 11.3 Å². The van der Waals surface area contributed by atoms with Gasteiger partial charge in [-0.15, -0.1) is 0 Å². The van der Waals surface area contributed by atoms with Crippen molar-refractivity contribution in [2.45, 2.75) is 25.4 Å². The van der Waals surface area contributed by atoms with Crippen LogP contribution in [-0.2, 0) is 6.54 Å². The number of hydrogen-bond acceptors (Lipinski definition) is 9. The largest absolute Gasteiger partial charge is 0.493 e. The Hall–Kier alpha value is -4.19. The zero-order valence-electron chi connectivity index (χ0n) is 20.0. The Labute approximate surface area is 206 Å². The highest BCUT2D eigenvalue weighted by molar-refractivity contribution is 5.58. The number of para-hydroxylation sites is 1. The minimum atomic E-state index is -0.490. The first-order valence-electron chi connectivity index (χ1n) is 12.1. The van der Waals surface area contributed by atoms with Crippen molar-refractivity contribution in [1.29, 1.82) is 0 Å². The van der Waals surface area contributed by atoms with E-state index >= 15 is 0 Å². The fourth-order valence-electron chi connectivity index (χ4n) is 4.35. The standard InChI is InChI=1S/C24H28N10O2/c1-32-8-10-33(11-9-32)19-5-3-2-4-15(19)13-25-22-29-20-16(12-18-21(35)30-24(36)28-18)14-26-34(20)23(31-22)27-17-6-7-17/h2-5,12,14,17,35H,6-11,13H2,1H3,(H,25,27,31)(H2,28,30,36)/b16-12+. The number of piperazine rings is 1. The third-order valence-corrected chi connectivity index (χ3v) is 6.53. The predicted molar refractivity (Wildman–Crippen MR) is 135 cm³/mol. The lowest BCUT2D eigenvalue weighted by atomic mass is 10.1. The molecule has 12 nitrogen and oxygen atoms in total. The van der Waals surface area contributed by atoms with Crippen LogP contribution in [0.5, 0.6) is 5.88 Å². The predicted octanol–water partition coefficient (Wildman–Crippen LogP) is -0.179. The van der Waals surface area contributed by atoms with Crippen molar-refractivity contribution < 1.29 is 5.11 Å². The lowest BCUT2D eigenvalue weighted by Crippen LogP contribution is -2.44. The molecule has 186 valence electrons. The van der Waals surface area contributed by atoms with Gasteiger partial charge in [-0.3, -0.25) is 4.98 Å². The van der Waals surface area contributed by atoms with Crippen molar-refractivity contribution in [1.82, 2.24) is 34.4 Å². The minimum absolute atomic E-state index is 0.241. The summed E-state index contributed by atoms with van der Waals surface area (Å²) in [6.07, 6.45) is 5.31. The van der Waals surface area contributed by atoms with E-state index in [9.17, 15) is 9.90 Å². The van der Waals surface area contributed by atoms with Crippen molar-refractivity contribution in [3.63, 3.8) is 0 Å². The zero-order chi connectivity index (χ0) is 24.6. The Morgan fingerprint density at radius 3 is 2.72 bits per heavy atom. The number of nitrogens with one attached hydrogen (secondary N) is 3. The highest BCUT2D eigenvalue weighted by Gasteiger charge is 2.21. The first-order valence-corrected chi connectivity index (χ1v) is 12.1. The molecule has 4 aromatic rings. The summed E-state index contributed by atoms with van der Waals surface area (Å²) in [6.45, 7) is 4.61. The maximum atomic E-state index is 11.5. The smallest absolute Gasteiger partial charge is 0.326 e. The number of aromatic amines is 2. The van der Waals surface area contributed by atoms with Gasteiger partial charge in [0.2, 0.25) is 11.8 Å². The highest BCUT2D eigenvalue weighted by Crippen LogP contribution is 2.23. The first-order chi connectivity index (χ1) is 17.5. The monoisotopic (exact) mass is 488 g/mol. The number of aromatic hydroxyl groups is 1. The molecule has 0 spiro atoms. The van der Waals surface area contributed by atoms with Gasteiger partial charge in [-0.2, -0.15) is 19.6 Å². The molecule has 1 saturated carbocycles. The number of nitrogens with zero attached hydrogens (tertiary/aromatic N) is 7. The Morgan fingerprint density at radius 2 is 1.97 bits per heavy atom. The minimum Gasteiger partial charge on any atom is -0.493 e. The lowest BCUT2D eigenvalue weighted by molar-refractivity contribution is 0.312. The summed E-state index contributed by atoms with van der Waals surface area (Å²) in [4.78, 5) is 35.3. The molecule has 12 heteroatoms. The molecule has 1 aliphatic carbocycles. The summed E-state index contributed by atoms with van der Waals surface area (Å²) in [6, 6.07) is 8.65. The summed E-state index contributed by atoms with van der Waals surface area (Å²) in [5, 5.41) is 18.4. The molecule has 1 aromatic carbocycles. The molecular formula is C24H28N10O2. The van der Waals surface area contributed by atoms with Gasteiger partial charge in [-0.25, -0.2) is 9.79 Å². The van der Waals surface area contributed by atoms with Crippen molar-refractivity contribution in [3.05, 3.63) is 63.0 Å². The van der Waals surface area contributed by atoms with E-state index in [2.05, 4.69) is 60.4 Å². The molecule has 3 aromatic heterocycles. The van der Waals surface area contributed by atoms with Crippen LogP contribution >= 0.6 is 0 Å². The summed E-state index contributed by atoms with van der Waals surface area (Å²) in [5.74, 6) is 0.201. The van der Waals surface area contributed by atoms with E-state index < -0.39 is 5.69 Å². The van der Waals surface area contributed by atoms with Crippen molar-refractivity contribution >= 4 is 23.4 Å². The third kappa shape index (κ3) is 4.54. The first kappa shape index (κ1) is 22.3. The average molecular weight is 489 g/mol. The fraction of sp³-hybridized carbons (Fsp3) is 0.375. The van der Waals surface area contributed by atoms with Crippen molar-refractivity contribution in [3.8, 4) is 5.88 Å². The number of aromatic nitrogens is 6. The zero-order valence-corrected chi connectivity index (χ0v) is 20.0. The van der Waals surface area contributed by atoms with Crippen LogP contribution < -0.4 is 26.7 Å². The van der Waals surface area contributed by atoms with E-state index in [0.717, 1.165) is 39.0 Å². The fourth-order valence-corrected chi connectivity index (χ4v) is 4.35. The topological polar surface area (TPSA) is 143 Å². The van der Waals surface area contributed by atoms with Crippen LogP contribution in [0.4, 0.5) is 11.6 Å². The Balaban J connectivity index is 1.35.